The number of rotatable bonds is 9. The average Bonchev–Trinajstić information content (AvgIpc) is 3.10. The highest BCUT2D eigenvalue weighted by Gasteiger charge is 2.52. The molecule has 0 unspecified atom stereocenters. The van der Waals surface area contributed by atoms with E-state index in [0.717, 1.165) is 21.6 Å². The summed E-state index contributed by atoms with van der Waals surface area (Å²) in [6.07, 6.45) is 1.76. The Morgan fingerprint density at radius 3 is 2.12 bits per heavy atom. The van der Waals surface area contributed by atoms with E-state index >= 15 is 0 Å². The molecule has 0 radical (unpaired) electrons. The van der Waals surface area contributed by atoms with Gasteiger partial charge in [0, 0.05) is 0 Å². The Bertz CT molecular complexity index is 1140. The lowest BCUT2D eigenvalue weighted by Crippen LogP contribution is -2.45. The standard InChI is InChI=1S/C28H29N3O3/c1-2-18-28(23-16-10-5-11-17-23)26(33)31(27(34)30-28)20-25(32)29-24(22-14-8-4-9-15-22)19-21-12-6-3-7-13-21/h3-17,24H,2,18-20H2,1H3,(H,29,32)(H,30,34)/t24-,28+/m1/s1. The van der Waals surface area contributed by atoms with E-state index in [4.69, 9.17) is 0 Å². The molecule has 174 valence electrons. The summed E-state index contributed by atoms with van der Waals surface area (Å²) in [5.41, 5.74) is 1.62. The van der Waals surface area contributed by atoms with Crippen molar-refractivity contribution in [3.05, 3.63) is 108 Å². The second-order valence-corrected chi connectivity index (χ2v) is 8.56. The third kappa shape index (κ3) is 4.86. The fourth-order valence-electron chi connectivity index (χ4n) is 4.55. The van der Waals surface area contributed by atoms with Crippen LogP contribution in [0.1, 0.15) is 42.5 Å². The predicted octanol–water partition coefficient (Wildman–Crippen LogP) is 4.33. The second-order valence-electron chi connectivity index (χ2n) is 8.56. The summed E-state index contributed by atoms with van der Waals surface area (Å²) in [4.78, 5) is 40.4. The van der Waals surface area contributed by atoms with Gasteiger partial charge in [-0.1, -0.05) is 104 Å². The molecule has 1 saturated heterocycles. The van der Waals surface area contributed by atoms with E-state index in [2.05, 4.69) is 10.6 Å². The molecule has 1 fully saturated rings. The first kappa shape index (κ1) is 23.2. The number of nitrogens with one attached hydrogen (secondary N) is 2. The molecule has 2 atom stereocenters. The largest absolute Gasteiger partial charge is 0.347 e. The highest BCUT2D eigenvalue weighted by atomic mass is 16.2. The van der Waals surface area contributed by atoms with Crippen LogP contribution in [0.5, 0.6) is 0 Å². The molecule has 34 heavy (non-hydrogen) atoms. The van der Waals surface area contributed by atoms with Crippen molar-refractivity contribution in [1.82, 2.24) is 15.5 Å². The van der Waals surface area contributed by atoms with Crippen LogP contribution >= 0.6 is 0 Å². The Morgan fingerprint density at radius 1 is 0.912 bits per heavy atom. The Balaban J connectivity index is 1.52. The van der Waals surface area contributed by atoms with E-state index in [-0.39, 0.29) is 24.4 Å². The summed E-state index contributed by atoms with van der Waals surface area (Å²) in [7, 11) is 0. The van der Waals surface area contributed by atoms with E-state index in [9.17, 15) is 14.4 Å². The molecule has 6 nitrogen and oxygen atoms in total. The van der Waals surface area contributed by atoms with E-state index in [1.807, 2.05) is 97.9 Å². The van der Waals surface area contributed by atoms with Crippen molar-refractivity contribution >= 4 is 17.8 Å². The van der Waals surface area contributed by atoms with Crippen molar-refractivity contribution in [2.75, 3.05) is 6.54 Å². The number of amides is 4. The summed E-state index contributed by atoms with van der Waals surface area (Å²) in [6, 6.07) is 28.0. The van der Waals surface area contributed by atoms with Gasteiger partial charge in [-0.2, -0.15) is 0 Å². The molecular weight excluding hydrogens is 426 g/mol. The van der Waals surface area contributed by atoms with Gasteiger partial charge in [0.1, 0.15) is 12.1 Å². The molecule has 3 aromatic rings. The van der Waals surface area contributed by atoms with Crippen molar-refractivity contribution in [3.8, 4) is 0 Å². The van der Waals surface area contributed by atoms with Gasteiger partial charge < -0.3 is 10.6 Å². The number of hydrogen-bond donors (Lipinski definition) is 2. The molecule has 0 aliphatic carbocycles. The van der Waals surface area contributed by atoms with Gasteiger partial charge in [-0.05, 0) is 29.5 Å². The number of nitrogens with zero attached hydrogens (tertiary/aromatic N) is 1. The van der Waals surface area contributed by atoms with Crippen LogP contribution in [-0.2, 0) is 21.5 Å². The summed E-state index contributed by atoms with van der Waals surface area (Å²) in [6.45, 7) is 1.63. The fraction of sp³-hybridized carbons (Fsp3) is 0.250. The molecule has 0 spiro atoms. The van der Waals surface area contributed by atoms with Crippen molar-refractivity contribution in [3.63, 3.8) is 0 Å². The fourth-order valence-corrected chi connectivity index (χ4v) is 4.55. The third-order valence-electron chi connectivity index (χ3n) is 6.19. The van der Waals surface area contributed by atoms with E-state index in [0.29, 0.717) is 19.3 Å². The topological polar surface area (TPSA) is 78.5 Å². The molecule has 6 heteroatoms. The van der Waals surface area contributed by atoms with Crippen LogP contribution in [-0.4, -0.2) is 29.3 Å². The van der Waals surface area contributed by atoms with Gasteiger partial charge >= 0.3 is 6.03 Å². The highest BCUT2D eigenvalue weighted by molar-refractivity contribution is 6.09. The lowest BCUT2D eigenvalue weighted by atomic mass is 9.85. The molecule has 0 aromatic heterocycles. The smallest absolute Gasteiger partial charge is 0.325 e. The Morgan fingerprint density at radius 2 is 1.50 bits per heavy atom. The second kappa shape index (κ2) is 10.3. The van der Waals surface area contributed by atoms with Gasteiger partial charge in [0.2, 0.25) is 5.91 Å². The molecule has 1 aliphatic heterocycles. The van der Waals surface area contributed by atoms with Crippen molar-refractivity contribution in [1.29, 1.82) is 0 Å². The maximum absolute atomic E-state index is 13.5. The zero-order valence-electron chi connectivity index (χ0n) is 19.2. The monoisotopic (exact) mass is 455 g/mol. The first-order chi connectivity index (χ1) is 16.5. The first-order valence-electron chi connectivity index (χ1n) is 11.6. The number of carbonyl (C=O) groups excluding carboxylic acids is 3. The van der Waals surface area contributed by atoms with Crippen LogP contribution in [0, 0.1) is 0 Å². The van der Waals surface area contributed by atoms with Crippen LogP contribution < -0.4 is 10.6 Å². The van der Waals surface area contributed by atoms with Gasteiger partial charge in [0.05, 0.1) is 6.04 Å². The van der Waals surface area contributed by atoms with Gasteiger partial charge in [-0.3, -0.25) is 14.5 Å². The van der Waals surface area contributed by atoms with Crippen LogP contribution in [0.3, 0.4) is 0 Å². The Kier molecular flexibility index (Phi) is 7.07. The Hall–Kier alpha value is -3.93. The maximum Gasteiger partial charge on any atom is 0.325 e. The van der Waals surface area contributed by atoms with Gasteiger partial charge in [-0.15, -0.1) is 0 Å². The zero-order chi connectivity index (χ0) is 24.0. The molecule has 1 heterocycles. The number of imide groups is 1. The Labute approximate surface area is 200 Å². The van der Waals surface area contributed by atoms with E-state index < -0.39 is 11.6 Å². The number of urea groups is 1. The molecular formula is C28H29N3O3. The lowest BCUT2D eigenvalue weighted by molar-refractivity contribution is -0.135. The molecule has 3 aromatic carbocycles. The molecule has 4 amide bonds. The van der Waals surface area contributed by atoms with Crippen molar-refractivity contribution in [2.45, 2.75) is 37.8 Å². The number of benzene rings is 3. The lowest BCUT2D eigenvalue weighted by Gasteiger charge is -2.27. The molecule has 1 aliphatic rings. The van der Waals surface area contributed by atoms with Gasteiger partial charge in [0.25, 0.3) is 5.91 Å². The average molecular weight is 456 g/mol. The van der Waals surface area contributed by atoms with Gasteiger partial charge in [-0.25, -0.2) is 4.79 Å². The number of hydrogen-bond acceptors (Lipinski definition) is 3. The third-order valence-corrected chi connectivity index (χ3v) is 6.19. The molecule has 2 N–H and O–H groups in total. The minimum absolute atomic E-state index is 0.286. The SMILES string of the molecule is CCC[C@@]1(c2ccccc2)NC(=O)N(CC(=O)N[C@H](Cc2ccccc2)c2ccccc2)C1=O. The van der Waals surface area contributed by atoms with E-state index in [1.165, 1.54) is 0 Å². The molecule has 0 bridgehead atoms. The summed E-state index contributed by atoms with van der Waals surface area (Å²) in [5, 5.41) is 5.91. The van der Waals surface area contributed by atoms with Crippen molar-refractivity contribution < 1.29 is 14.4 Å². The first-order valence-corrected chi connectivity index (χ1v) is 11.6. The van der Waals surface area contributed by atoms with Crippen LogP contribution in [0.25, 0.3) is 0 Å². The summed E-state index contributed by atoms with van der Waals surface area (Å²) >= 11 is 0. The minimum Gasteiger partial charge on any atom is -0.347 e. The maximum atomic E-state index is 13.5. The molecule has 0 saturated carbocycles. The minimum atomic E-state index is -1.14. The zero-order valence-corrected chi connectivity index (χ0v) is 19.2. The van der Waals surface area contributed by atoms with Crippen LogP contribution in [0.2, 0.25) is 0 Å². The van der Waals surface area contributed by atoms with E-state index in [1.54, 1.807) is 0 Å². The summed E-state index contributed by atoms with van der Waals surface area (Å²) < 4.78 is 0. The predicted molar refractivity (Wildman–Crippen MR) is 131 cm³/mol. The highest BCUT2D eigenvalue weighted by Crippen LogP contribution is 2.33. The molecule has 4 rings (SSSR count). The van der Waals surface area contributed by atoms with Crippen LogP contribution in [0.4, 0.5) is 4.79 Å². The van der Waals surface area contributed by atoms with Crippen LogP contribution in [0.15, 0.2) is 91.0 Å². The normalized spacial score (nSPS) is 18.4. The van der Waals surface area contributed by atoms with Crippen molar-refractivity contribution in [2.24, 2.45) is 0 Å². The van der Waals surface area contributed by atoms with Gasteiger partial charge in [0.15, 0.2) is 0 Å². The summed E-state index contributed by atoms with van der Waals surface area (Å²) in [5.74, 6) is -0.770. The number of carbonyl (C=O) groups is 3. The quantitative estimate of drug-likeness (QED) is 0.471.